The summed E-state index contributed by atoms with van der Waals surface area (Å²) < 4.78 is 17.8. The minimum absolute atomic E-state index is 0.144. The van der Waals surface area contributed by atoms with Gasteiger partial charge in [0.1, 0.15) is 5.82 Å². The molecule has 5 heteroatoms. The fraction of sp³-hybridized carbons (Fsp3) is 0.409. The Bertz CT molecular complexity index is 762. The predicted molar refractivity (Wildman–Crippen MR) is 106 cm³/mol. The minimum atomic E-state index is -0.234. The number of rotatable bonds is 4. The highest BCUT2D eigenvalue weighted by atomic mass is 19.1. The van der Waals surface area contributed by atoms with Crippen LogP contribution in [-0.4, -0.2) is 32.7 Å². The quantitative estimate of drug-likeness (QED) is 0.809. The number of nitrogens with one attached hydrogen (secondary N) is 1. The first-order valence-corrected chi connectivity index (χ1v) is 9.26. The van der Waals surface area contributed by atoms with Crippen LogP contribution in [0.5, 0.6) is 0 Å². The Balaban J connectivity index is 0.000000321. The Morgan fingerprint density at radius 3 is 2.63 bits per heavy atom. The maximum absolute atomic E-state index is 13.5. The highest BCUT2D eigenvalue weighted by Gasteiger charge is 2.22. The van der Waals surface area contributed by atoms with Crippen LogP contribution in [-0.2, 0) is 22.4 Å². The van der Waals surface area contributed by atoms with Crippen molar-refractivity contribution in [3.8, 4) is 0 Å². The lowest BCUT2D eigenvalue weighted by Crippen LogP contribution is -2.20. The molecule has 3 N–H and O–H groups in total. The van der Waals surface area contributed by atoms with Crippen LogP contribution in [0, 0.1) is 5.82 Å². The van der Waals surface area contributed by atoms with Crippen LogP contribution in [0.25, 0.3) is 0 Å². The van der Waals surface area contributed by atoms with Crippen molar-refractivity contribution in [2.45, 2.75) is 38.1 Å². The molecule has 0 amide bonds. The minimum Gasteiger partial charge on any atom is -0.468 e. The van der Waals surface area contributed by atoms with E-state index in [2.05, 4.69) is 34.3 Å². The van der Waals surface area contributed by atoms with E-state index in [1.807, 2.05) is 13.0 Å². The van der Waals surface area contributed by atoms with Crippen LogP contribution in [0.3, 0.4) is 0 Å². The lowest BCUT2D eigenvalue weighted by Gasteiger charge is -2.20. The molecule has 0 aliphatic heterocycles. The predicted octanol–water partition coefficient (Wildman–Crippen LogP) is 3.17. The average molecular weight is 372 g/mol. The van der Waals surface area contributed by atoms with Crippen LogP contribution in [0.1, 0.15) is 41.5 Å². The molecule has 2 aromatic carbocycles. The second-order valence-corrected chi connectivity index (χ2v) is 7.01. The first kappa shape index (κ1) is 21.1. The third-order valence-electron chi connectivity index (χ3n) is 4.72. The zero-order chi connectivity index (χ0) is 19.8. The normalized spacial score (nSPS) is 16.1. The maximum Gasteiger partial charge on any atom is 0.319 e. The fourth-order valence-electron chi connectivity index (χ4n) is 3.51. The van der Waals surface area contributed by atoms with Gasteiger partial charge in [-0.2, -0.15) is 0 Å². The van der Waals surface area contributed by atoms with E-state index in [1.165, 1.54) is 23.8 Å². The Morgan fingerprint density at radius 1 is 1.26 bits per heavy atom. The van der Waals surface area contributed by atoms with E-state index in [0.29, 0.717) is 5.92 Å². The van der Waals surface area contributed by atoms with Crippen LogP contribution >= 0.6 is 0 Å². The van der Waals surface area contributed by atoms with Crippen molar-refractivity contribution in [2.24, 2.45) is 5.73 Å². The number of ether oxygens (including phenoxy) is 1. The van der Waals surface area contributed by atoms with Crippen molar-refractivity contribution in [1.29, 1.82) is 0 Å². The number of nitrogens with two attached hydrogens (primary N) is 1. The van der Waals surface area contributed by atoms with Crippen molar-refractivity contribution < 1.29 is 13.9 Å². The third-order valence-corrected chi connectivity index (χ3v) is 4.72. The molecule has 3 rings (SSSR count). The molecule has 0 spiro atoms. The van der Waals surface area contributed by atoms with Gasteiger partial charge >= 0.3 is 5.97 Å². The molecule has 0 radical (unpaired) electrons. The molecule has 0 saturated carbocycles. The summed E-state index contributed by atoms with van der Waals surface area (Å²) in [7, 11) is 3.05. The molecule has 0 bridgehead atoms. The summed E-state index contributed by atoms with van der Waals surface area (Å²) in [5.74, 6) is 0.00556. The van der Waals surface area contributed by atoms with Crippen LogP contribution in [0.2, 0.25) is 0 Å². The summed E-state index contributed by atoms with van der Waals surface area (Å²) in [5, 5.41) is 2.64. The Hall–Kier alpha value is -2.24. The number of esters is 1. The maximum atomic E-state index is 13.5. The number of fused-ring (bicyclic) bond motifs is 2. The summed E-state index contributed by atoms with van der Waals surface area (Å²) in [5.41, 5.74) is 11.1. The Morgan fingerprint density at radius 2 is 2.00 bits per heavy atom. The molecule has 1 aliphatic carbocycles. The largest absolute Gasteiger partial charge is 0.468 e. The molecule has 2 aromatic rings. The molecule has 2 atom stereocenters. The van der Waals surface area contributed by atoms with Crippen molar-refractivity contribution >= 4 is 5.97 Å². The van der Waals surface area contributed by atoms with E-state index < -0.39 is 0 Å². The Labute approximate surface area is 160 Å². The van der Waals surface area contributed by atoms with Crippen molar-refractivity contribution in [2.75, 3.05) is 20.7 Å². The molecule has 1 aliphatic rings. The number of hydrogen-bond donors (Lipinski definition) is 2. The molecule has 4 nitrogen and oxygen atoms in total. The van der Waals surface area contributed by atoms with E-state index >= 15 is 0 Å². The zero-order valence-corrected chi connectivity index (χ0v) is 16.3. The molecule has 0 aromatic heterocycles. The second-order valence-electron chi connectivity index (χ2n) is 7.01. The summed E-state index contributed by atoms with van der Waals surface area (Å²) >= 11 is 0. The van der Waals surface area contributed by atoms with Crippen molar-refractivity contribution in [1.82, 2.24) is 5.32 Å². The highest BCUT2D eigenvalue weighted by molar-refractivity contribution is 5.71. The van der Waals surface area contributed by atoms with Crippen LogP contribution < -0.4 is 11.1 Å². The summed E-state index contributed by atoms with van der Waals surface area (Å²) in [6.45, 7) is 2.33. The van der Waals surface area contributed by atoms with Crippen molar-refractivity contribution in [3.63, 3.8) is 0 Å². The van der Waals surface area contributed by atoms with E-state index in [0.717, 1.165) is 24.8 Å². The van der Waals surface area contributed by atoms with E-state index in [1.54, 1.807) is 19.2 Å². The summed E-state index contributed by atoms with van der Waals surface area (Å²) in [4.78, 5) is 10.1. The highest BCUT2D eigenvalue weighted by Crippen LogP contribution is 2.34. The standard InChI is InChI=1S/C18H20FN.C4H9NO2/c1-12(20)8-16-10-15-11-17(19)7-6-13(15)9-14-4-2-3-5-18(14)16;1-5-3-4(6)7-2/h2-7,11-12,16H,8-10,20H2,1H3;5H,3H2,1-2H3/t12-,16-;/m0./s1. The van der Waals surface area contributed by atoms with Gasteiger partial charge in [0.05, 0.1) is 13.7 Å². The van der Waals surface area contributed by atoms with Gasteiger partial charge in [-0.1, -0.05) is 30.3 Å². The zero-order valence-electron chi connectivity index (χ0n) is 16.3. The molecule has 0 heterocycles. The number of likely N-dealkylation sites (N-methyl/N-ethyl adjacent to an activating group) is 1. The van der Waals surface area contributed by atoms with Gasteiger partial charge in [0.2, 0.25) is 0 Å². The average Bonchev–Trinajstić information content (AvgIpc) is 2.78. The second kappa shape index (κ2) is 10.2. The smallest absolute Gasteiger partial charge is 0.319 e. The third kappa shape index (κ3) is 6.15. The number of methoxy groups -OCH3 is 1. The molecular formula is C22H29FN2O2. The topological polar surface area (TPSA) is 64.3 Å². The number of carbonyl (C=O) groups excluding carboxylic acids is 1. The van der Waals surface area contributed by atoms with Crippen molar-refractivity contribution in [3.05, 3.63) is 70.5 Å². The van der Waals surface area contributed by atoms with Crippen LogP contribution in [0.4, 0.5) is 4.39 Å². The molecular weight excluding hydrogens is 343 g/mol. The van der Waals surface area contributed by atoms with Gasteiger partial charge in [-0.05, 0) is 73.5 Å². The fourth-order valence-corrected chi connectivity index (χ4v) is 3.51. The first-order valence-electron chi connectivity index (χ1n) is 9.26. The lowest BCUT2D eigenvalue weighted by atomic mass is 9.87. The molecule has 27 heavy (non-hydrogen) atoms. The monoisotopic (exact) mass is 372 g/mol. The number of hydrogen-bond acceptors (Lipinski definition) is 4. The van der Waals surface area contributed by atoms with Gasteiger partial charge in [-0.3, -0.25) is 4.79 Å². The SMILES string of the molecule is CNCC(=O)OC.C[C@H](N)C[C@H]1Cc2cc(F)ccc2Cc2ccccc21. The van der Waals surface area contributed by atoms with Gasteiger partial charge in [0.15, 0.2) is 0 Å². The van der Waals surface area contributed by atoms with E-state index in [4.69, 9.17) is 5.73 Å². The number of carbonyl (C=O) groups is 1. The van der Waals surface area contributed by atoms with Gasteiger partial charge < -0.3 is 15.8 Å². The van der Waals surface area contributed by atoms with Gasteiger partial charge in [0, 0.05) is 6.04 Å². The molecule has 0 saturated heterocycles. The number of halogens is 1. The van der Waals surface area contributed by atoms with Crippen LogP contribution in [0.15, 0.2) is 42.5 Å². The Kier molecular flexibility index (Phi) is 7.95. The van der Waals surface area contributed by atoms with Gasteiger partial charge in [0.25, 0.3) is 0 Å². The molecule has 0 unspecified atom stereocenters. The van der Waals surface area contributed by atoms with Gasteiger partial charge in [-0.15, -0.1) is 0 Å². The number of benzene rings is 2. The van der Waals surface area contributed by atoms with E-state index in [-0.39, 0.29) is 24.4 Å². The summed E-state index contributed by atoms with van der Waals surface area (Å²) in [6.07, 6.45) is 2.71. The first-order chi connectivity index (χ1) is 12.9. The summed E-state index contributed by atoms with van der Waals surface area (Å²) in [6, 6.07) is 13.9. The molecule has 146 valence electrons. The van der Waals surface area contributed by atoms with E-state index in [9.17, 15) is 9.18 Å². The van der Waals surface area contributed by atoms with Gasteiger partial charge in [-0.25, -0.2) is 4.39 Å². The molecule has 0 fully saturated rings. The lowest BCUT2D eigenvalue weighted by molar-refractivity contribution is -0.139.